The third-order valence-electron chi connectivity index (χ3n) is 2.52. The molecule has 2 aromatic carbocycles. The molecule has 0 N–H and O–H groups in total. The van der Waals surface area contributed by atoms with Gasteiger partial charge in [-0.05, 0) is 52.3 Å². The molecule has 0 spiro atoms. The molecule has 0 radical (unpaired) electrons. The summed E-state index contributed by atoms with van der Waals surface area (Å²) in [5.41, 5.74) is 0.992. The van der Waals surface area contributed by atoms with Crippen molar-refractivity contribution in [3.8, 4) is 11.5 Å². The lowest BCUT2D eigenvalue weighted by molar-refractivity contribution is 0.295. The molecule has 2 rings (SSSR count). The molecular weight excluding hydrogens is 440 g/mol. The van der Waals surface area contributed by atoms with Gasteiger partial charge in [0.25, 0.3) is 0 Å². The highest BCUT2D eigenvalue weighted by atomic mass is 79.9. The Balaban J connectivity index is 2.16. The van der Waals surface area contributed by atoms with Crippen LogP contribution in [0.1, 0.15) is 5.56 Å². The van der Waals surface area contributed by atoms with Crippen molar-refractivity contribution in [2.24, 2.45) is 0 Å². The van der Waals surface area contributed by atoms with Crippen LogP contribution in [0.15, 0.2) is 49.8 Å². The molecule has 2 aromatic rings. The van der Waals surface area contributed by atoms with Crippen LogP contribution in [0.2, 0.25) is 0 Å². The molecule has 0 aromatic heterocycles. The average Bonchev–Trinajstić information content (AvgIpc) is 2.38. The molecule has 0 bridgehead atoms. The van der Waals surface area contributed by atoms with Crippen molar-refractivity contribution < 1.29 is 9.47 Å². The zero-order valence-corrected chi connectivity index (χ0v) is 14.9. The minimum Gasteiger partial charge on any atom is -0.496 e. The van der Waals surface area contributed by atoms with Crippen LogP contribution in [0, 0.1) is 0 Å². The maximum atomic E-state index is 5.81. The predicted molar refractivity (Wildman–Crippen MR) is 86.9 cm³/mol. The molecule has 0 aliphatic carbocycles. The molecule has 0 aliphatic rings. The fourth-order valence-corrected chi connectivity index (χ4v) is 3.18. The maximum absolute atomic E-state index is 5.81. The van der Waals surface area contributed by atoms with Crippen LogP contribution < -0.4 is 9.47 Å². The average molecular weight is 451 g/mol. The van der Waals surface area contributed by atoms with Crippen molar-refractivity contribution in [2.45, 2.75) is 6.61 Å². The molecule has 2 nitrogen and oxygen atoms in total. The zero-order chi connectivity index (χ0) is 13.8. The number of ether oxygens (including phenoxy) is 2. The topological polar surface area (TPSA) is 18.5 Å². The molecular formula is C14H11Br3O2. The largest absolute Gasteiger partial charge is 0.496 e. The molecule has 0 fully saturated rings. The monoisotopic (exact) mass is 448 g/mol. The maximum Gasteiger partial charge on any atom is 0.134 e. The van der Waals surface area contributed by atoms with E-state index in [9.17, 15) is 0 Å². The van der Waals surface area contributed by atoms with Crippen molar-refractivity contribution in [1.82, 2.24) is 0 Å². The number of hydrogen-bond acceptors (Lipinski definition) is 2. The Kier molecular flexibility index (Phi) is 5.30. The lowest BCUT2D eigenvalue weighted by Gasteiger charge is -2.12. The van der Waals surface area contributed by atoms with Crippen molar-refractivity contribution in [3.63, 3.8) is 0 Å². The van der Waals surface area contributed by atoms with E-state index in [0.717, 1.165) is 30.5 Å². The minimum absolute atomic E-state index is 0.447. The molecule has 0 amide bonds. The summed E-state index contributed by atoms with van der Waals surface area (Å²) >= 11 is 10.3. The molecule has 19 heavy (non-hydrogen) atoms. The van der Waals surface area contributed by atoms with Crippen LogP contribution in [0.4, 0.5) is 0 Å². The van der Waals surface area contributed by atoms with Crippen LogP contribution in [0.5, 0.6) is 11.5 Å². The van der Waals surface area contributed by atoms with Crippen molar-refractivity contribution in [2.75, 3.05) is 7.11 Å². The van der Waals surface area contributed by atoms with Gasteiger partial charge in [0.1, 0.15) is 18.1 Å². The van der Waals surface area contributed by atoms with E-state index in [-0.39, 0.29) is 0 Å². The first-order chi connectivity index (χ1) is 9.10. The van der Waals surface area contributed by atoms with Crippen LogP contribution in [0.3, 0.4) is 0 Å². The summed E-state index contributed by atoms with van der Waals surface area (Å²) in [6, 6.07) is 11.7. The van der Waals surface area contributed by atoms with Gasteiger partial charge in [-0.1, -0.05) is 31.9 Å². The highest BCUT2D eigenvalue weighted by Gasteiger charge is 2.07. The molecule has 0 saturated carbocycles. The summed E-state index contributed by atoms with van der Waals surface area (Å²) in [6.45, 7) is 0.447. The summed E-state index contributed by atoms with van der Waals surface area (Å²) in [4.78, 5) is 0. The van der Waals surface area contributed by atoms with Crippen LogP contribution >= 0.6 is 47.8 Å². The van der Waals surface area contributed by atoms with Gasteiger partial charge in [0.2, 0.25) is 0 Å². The lowest BCUT2D eigenvalue weighted by Crippen LogP contribution is -1.99. The summed E-state index contributed by atoms with van der Waals surface area (Å²) in [5, 5.41) is 0. The first-order valence-electron chi connectivity index (χ1n) is 5.50. The summed E-state index contributed by atoms with van der Waals surface area (Å²) in [6.07, 6.45) is 0. The Morgan fingerprint density at radius 3 is 2.16 bits per heavy atom. The van der Waals surface area contributed by atoms with E-state index in [1.54, 1.807) is 7.11 Å². The van der Waals surface area contributed by atoms with E-state index in [2.05, 4.69) is 47.8 Å². The Morgan fingerprint density at radius 2 is 1.53 bits per heavy atom. The number of halogens is 3. The second-order valence-corrected chi connectivity index (χ2v) is 6.51. The van der Waals surface area contributed by atoms with E-state index in [0.29, 0.717) is 6.61 Å². The number of hydrogen-bond donors (Lipinski definition) is 0. The Hall–Kier alpha value is -0.520. The van der Waals surface area contributed by atoms with E-state index >= 15 is 0 Å². The molecule has 5 heteroatoms. The molecule has 0 atom stereocenters. The number of methoxy groups -OCH3 is 1. The number of benzene rings is 2. The summed E-state index contributed by atoms with van der Waals surface area (Å²) < 4.78 is 14.0. The highest BCUT2D eigenvalue weighted by molar-refractivity contribution is 9.11. The molecule has 0 heterocycles. The van der Waals surface area contributed by atoms with Gasteiger partial charge in [0.15, 0.2) is 0 Å². The van der Waals surface area contributed by atoms with Gasteiger partial charge in [-0.3, -0.25) is 0 Å². The fraction of sp³-hybridized carbons (Fsp3) is 0.143. The summed E-state index contributed by atoms with van der Waals surface area (Å²) in [7, 11) is 1.66. The zero-order valence-electron chi connectivity index (χ0n) is 10.1. The van der Waals surface area contributed by atoms with Crippen molar-refractivity contribution in [3.05, 3.63) is 55.4 Å². The van der Waals surface area contributed by atoms with Gasteiger partial charge in [0.05, 0.1) is 11.6 Å². The number of rotatable bonds is 4. The normalized spacial score (nSPS) is 10.3. The van der Waals surface area contributed by atoms with Gasteiger partial charge in [-0.2, -0.15) is 0 Å². The second kappa shape index (κ2) is 6.77. The van der Waals surface area contributed by atoms with Gasteiger partial charge >= 0.3 is 0 Å². The minimum atomic E-state index is 0.447. The Morgan fingerprint density at radius 1 is 0.895 bits per heavy atom. The Bertz CT molecular complexity index is 585. The van der Waals surface area contributed by atoms with E-state index in [1.165, 1.54) is 0 Å². The van der Waals surface area contributed by atoms with Gasteiger partial charge in [-0.25, -0.2) is 0 Å². The quantitative estimate of drug-likeness (QED) is 0.607. The standard InChI is InChI=1S/C14H11Br3O2/c1-18-13-4-2-10(15)6-9(13)8-19-14-5-3-11(16)7-12(14)17/h2-7H,8H2,1H3. The highest BCUT2D eigenvalue weighted by Crippen LogP contribution is 2.30. The van der Waals surface area contributed by atoms with Gasteiger partial charge in [0, 0.05) is 14.5 Å². The first-order valence-corrected chi connectivity index (χ1v) is 7.88. The fourth-order valence-electron chi connectivity index (χ4n) is 1.61. The Labute approximate surface area is 137 Å². The third-order valence-corrected chi connectivity index (χ3v) is 4.13. The van der Waals surface area contributed by atoms with Crippen LogP contribution in [-0.4, -0.2) is 7.11 Å². The van der Waals surface area contributed by atoms with Crippen LogP contribution in [0.25, 0.3) is 0 Å². The van der Waals surface area contributed by atoms with E-state index < -0.39 is 0 Å². The smallest absolute Gasteiger partial charge is 0.134 e. The predicted octanol–water partition coefficient (Wildman–Crippen LogP) is 5.56. The van der Waals surface area contributed by atoms with Crippen LogP contribution in [-0.2, 0) is 6.61 Å². The van der Waals surface area contributed by atoms with Gasteiger partial charge < -0.3 is 9.47 Å². The lowest BCUT2D eigenvalue weighted by atomic mass is 10.2. The van der Waals surface area contributed by atoms with Crippen molar-refractivity contribution >= 4 is 47.8 Å². The van der Waals surface area contributed by atoms with E-state index in [1.807, 2.05) is 36.4 Å². The molecule has 0 unspecified atom stereocenters. The molecule has 100 valence electrons. The molecule has 0 aliphatic heterocycles. The SMILES string of the molecule is COc1ccc(Br)cc1COc1ccc(Br)cc1Br. The van der Waals surface area contributed by atoms with Crippen molar-refractivity contribution in [1.29, 1.82) is 0 Å². The second-order valence-electron chi connectivity index (χ2n) is 3.82. The summed E-state index contributed by atoms with van der Waals surface area (Å²) in [5.74, 6) is 1.61. The van der Waals surface area contributed by atoms with E-state index in [4.69, 9.17) is 9.47 Å². The third kappa shape index (κ3) is 3.97. The molecule has 0 saturated heterocycles. The van der Waals surface area contributed by atoms with Gasteiger partial charge in [-0.15, -0.1) is 0 Å². The first kappa shape index (κ1) is 14.9.